The van der Waals surface area contributed by atoms with E-state index in [0.717, 1.165) is 23.6 Å². The first kappa shape index (κ1) is 10.9. The minimum atomic E-state index is -0.0354. The molecule has 5 rings (SSSR count). The number of rotatable bonds is 2. The van der Waals surface area contributed by atoms with E-state index in [4.69, 9.17) is 5.73 Å². The molecule has 0 saturated heterocycles. The molecular weight excluding hydrogens is 226 g/mol. The van der Waals surface area contributed by atoms with Gasteiger partial charge in [0.2, 0.25) is 5.88 Å². The molecule has 4 heteroatoms. The van der Waals surface area contributed by atoms with E-state index < -0.39 is 0 Å². The normalized spacial score (nSPS) is 43.3. The van der Waals surface area contributed by atoms with Gasteiger partial charge >= 0.3 is 0 Å². The average Bonchev–Trinajstić information content (AvgIpc) is 2.73. The minimum absolute atomic E-state index is 0.0354. The van der Waals surface area contributed by atoms with Crippen LogP contribution in [0.3, 0.4) is 0 Å². The fourth-order valence-electron chi connectivity index (χ4n) is 5.33. The smallest absolute Gasteiger partial charge is 0.208 e. The van der Waals surface area contributed by atoms with Crippen molar-refractivity contribution in [2.45, 2.75) is 44.6 Å². The van der Waals surface area contributed by atoms with Crippen molar-refractivity contribution in [1.29, 1.82) is 0 Å². The zero-order chi connectivity index (χ0) is 12.3. The van der Waals surface area contributed by atoms with Crippen molar-refractivity contribution in [2.24, 2.45) is 28.9 Å². The zero-order valence-electron chi connectivity index (χ0n) is 10.6. The third-order valence-electron chi connectivity index (χ3n) is 5.62. The number of nitrogens with one attached hydrogen (secondary N) is 1. The first-order valence-corrected chi connectivity index (χ1v) is 7.14. The Balaban J connectivity index is 1.67. The number of hydrogen-bond acceptors (Lipinski definition) is 3. The largest absolute Gasteiger partial charge is 0.493 e. The van der Waals surface area contributed by atoms with E-state index in [1.807, 2.05) is 0 Å². The summed E-state index contributed by atoms with van der Waals surface area (Å²) < 4.78 is 0. The Bertz CT molecular complexity index is 432. The Morgan fingerprint density at radius 3 is 2.22 bits per heavy atom. The molecule has 0 radical (unpaired) electrons. The zero-order valence-corrected chi connectivity index (χ0v) is 10.6. The van der Waals surface area contributed by atoms with E-state index in [0.29, 0.717) is 0 Å². The van der Waals surface area contributed by atoms with E-state index in [-0.39, 0.29) is 17.3 Å². The van der Waals surface area contributed by atoms with Crippen LogP contribution in [0.2, 0.25) is 0 Å². The molecule has 4 nitrogen and oxygen atoms in total. The predicted molar refractivity (Wildman–Crippen MR) is 67.8 cm³/mol. The van der Waals surface area contributed by atoms with E-state index >= 15 is 0 Å². The van der Waals surface area contributed by atoms with E-state index in [9.17, 15) is 5.11 Å². The summed E-state index contributed by atoms with van der Waals surface area (Å²) in [4.78, 5) is 7.16. The lowest BCUT2D eigenvalue weighted by molar-refractivity contribution is -0.0690. The number of imidazole rings is 1. The number of aromatic amines is 1. The van der Waals surface area contributed by atoms with Crippen molar-refractivity contribution in [1.82, 2.24) is 9.97 Å². The van der Waals surface area contributed by atoms with Gasteiger partial charge < -0.3 is 15.8 Å². The highest BCUT2D eigenvalue weighted by atomic mass is 16.3. The summed E-state index contributed by atoms with van der Waals surface area (Å²) in [6.07, 6.45) is 9.54. The van der Waals surface area contributed by atoms with Crippen molar-refractivity contribution < 1.29 is 5.11 Å². The fraction of sp³-hybridized carbons (Fsp3) is 0.786. The van der Waals surface area contributed by atoms with Crippen LogP contribution in [0.4, 0.5) is 0 Å². The van der Waals surface area contributed by atoms with Gasteiger partial charge in [0, 0.05) is 0 Å². The lowest BCUT2D eigenvalue weighted by Crippen LogP contribution is -2.51. The summed E-state index contributed by atoms with van der Waals surface area (Å²) in [5.41, 5.74) is 6.75. The highest BCUT2D eigenvalue weighted by Crippen LogP contribution is 2.63. The average molecular weight is 247 g/mol. The minimum Gasteiger partial charge on any atom is -0.493 e. The predicted octanol–water partition coefficient (Wildman–Crippen LogP) is 2.33. The van der Waals surface area contributed by atoms with Gasteiger partial charge in [-0.1, -0.05) is 0 Å². The van der Waals surface area contributed by atoms with E-state index in [2.05, 4.69) is 9.97 Å². The quantitative estimate of drug-likeness (QED) is 0.750. The topological polar surface area (TPSA) is 74.9 Å². The van der Waals surface area contributed by atoms with Crippen molar-refractivity contribution in [2.75, 3.05) is 0 Å². The standard InChI is InChI=1S/C14H21N3O/c15-12(13-16-7-11(18)17-13)14-4-8-1-9(5-14)3-10(2-8)6-14/h7-10,12,18H,1-6,15H2,(H,16,17). The summed E-state index contributed by atoms with van der Waals surface area (Å²) in [7, 11) is 0. The summed E-state index contributed by atoms with van der Waals surface area (Å²) in [6, 6.07) is -0.0354. The molecule has 4 aliphatic rings. The van der Waals surface area contributed by atoms with Crippen LogP contribution in [0.5, 0.6) is 5.88 Å². The van der Waals surface area contributed by atoms with Gasteiger partial charge in [-0.3, -0.25) is 0 Å². The Labute approximate surface area is 107 Å². The molecule has 1 aromatic heterocycles. The summed E-state index contributed by atoms with van der Waals surface area (Å²) in [5, 5.41) is 9.41. The molecule has 0 spiro atoms. The van der Waals surface area contributed by atoms with Crippen molar-refractivity contribution >= 4 is 0 Å². The van der Waals surface area contributed by atoms with Gasteiger partial charge in [-0.25, -0.2) is 4.98 Å². The Kier molecular flexibility index (Phi) is 2.11. The number of H-pyrrole nitrogens is 1. The van der Waals surface area contributed by atoms with Crippen molar-refractivity contribution in [3.8, 4) is 5.88 Å². The van der Waals surface area contributed by atoms with Crippen LogP contribution in [0, 0.1) is 23.2 Å². The maximum atomic E-state index is 9.41. The highest BCUT2D eigenvalue weighted by molar-refractivity contribution is 5.14. The molecule has 4 fully saturated rings. The molecule has 0 aromatic carbocycles. The molecule has 0 aliphatic heterocycles. The van der Waals surface area contributed by atoms with Gasteiger partial charge in [-0.15, -0.1) is 0 Å². The Morgan fingerprint density at radius 1 is 1.22 bits per heavy atom. The van der Waals surface area contributed by atoms with Crippen LogP contribution >= 0.6 is 0 Å². The SMILES string of the molecule is NC(c1ncc(O)[nH]1)C12CC3CC(CC(C3)C1)C2. The Hall–Kier alpha value is -1.03. The summed E-state index contributed by atoms with van der Waals surface area (Å²) >= 11 is 0. The van der Waals surface area contributed by atoms with Crippen LogP contribution < -0.4 is 5.73 Å². The third kappa shape index (κ3) is 1.44. The molecule has 1 unspecified atom stereocenters. The first-order chi connectivity index (χ1) is 8.64. The molecule has 1 atom stereocenters. The summed E-state index contributed by atoms with van der Waals surface area (Å²) in [5.74, 6) is 3.59. The van der Waals surface area contributed by atoms with E-state index in [1.54, 1.807) is 0 Å². The molecule has 4 N–H and O–H groups in total. The second kappa shape index (κ2) is 3.50. The molecule has 4 aliphatic carbocycles. The van der Waals surface area contributed by atoms with Gasteiger partial charge in [0.05, 0.1) is 12.2 Å². The molecule has 98 valence electrons. The van der Waals surface area contributed by atoms with Crippen molar-refractivity contribution in [3.63, 3.8) is 0 Å². The molecule has 18 heavy (non-hydrogen) atoms. The maximum Gasteiger partial charge on any atom is 0.208 e. The highest BCUT2D eigenvalue weighted by Gasteiger charge is 2.54. The number of aromatic nitrogens is 2. The monoisotopic (exact) mass is 247 g/mol. The van der Waals surface area contributed by atoms with Gasteiger partial charge in [-0.05, 0) is 61.7 Å². The van der Waals surface area contributed by atoms with Crippen LogP contribution in [0.15, 0.2) is 6.20 Å². The van der Waals surface area contributed by atoms with Crippen LogP contribution in [-0.4, -0.2) is 15.1 Å². The second-order valence-corrected chi connectivity index (χ2v) is 6.91. The Morgan fingerprint density at radius 2 is 1.78 bits per heavy atom. The summed E-state index contributed by atoms with van der Waals surface area (Å²) in [6.45, 7) is 0. The van der Waals surface area contributed by atoms with Crippen LogP contribution in [-0.2, 0) is 0 Å². The molecule has 1 heterocycles. The van der Waals surface area contributed by atoms with Gasteiger partial charge in [0.15, 0.2) is 0 Å². The molecule has 4 bridgehead atoms. The first-order valence-electron chi connectivity index (χ1n) is 7.14. The van der Waals surface area contributed by atoms with Crippen molar-refractivity contribution in [3.05, 3.63) is 12.0 Å². The van der Waals surface area contributed by atoms with Gasteiger partial charge in [-0.2, -0.15) is 0 Å². The van der Waals surface area contributed by atoms with Crippen LogP contribution in [0.1, 0.15) is 50.4 Å². The fourth-order valence-corrected chi connectivity index (χ4v) is 5.33. The molecule has 0 amide bonds. The number of nitrogens with two attached hydrogens (primary N) is 1. The van der Waals surface area contributed by atoms with Gasteiger partial charge in [0.1, 0.15) is 5.82 Å². The maximum absolute atomic E-state index is 9.41. The number of nitrogens with zero attached hydrogens (tertiary/aromatic N) is 1. The molecule has 4 saturated carbocycles. The lowest BCUT2D eigenvalue weighted by atomic mass is 9.47. The number of aromatic hydroxyl groups is 1. The lowest BCUT2D eigenvalue weighted by Gasteiger charge is -2.58. The molecular formula is C14H21N3O. The van der Waals surface area contributed by atoms with Crippen LogP contribution in [0.25, 0.3) is 0 Å². The second-order valence-electron chi connectivity index (χ2n) is 6.91. The van der Waals surface area contributed by atoms with Gasteiger partial charge in [0.25, 0.3) is 0 Å². The van der Waals surface area contributed by atoms with E-state index in [1.165, 1.54) is 44.7 Å². The third-order valence-corrected chi connectivity index (χ3v) is 5.62. The molecule has 1 aromatic rings. The number of hydrogen-bond donors (Lipinski definition) is 3.